The van der Waals surface area contributed by atoms with Gasteiger partial charge in [0.2, 0.25) is 0 Å². The van der Waals surface area contributed by atoms with Crippen LogP contribution in [0.2, 0.25) is 0 Å². The summed E-state index contributed by atoms with van der Waals surface area (Å²) in [5, 5.41) is 0. The zero-order chi connectivity index (χ0) is 6.69. The van der Waals surface area contributed by atoms with E-state index in [0.717, 1.165) is 19.3 Å². The standard InChI is InChI=1S/C6H10O2S/c7-9(8)6-4-2-1-3-5-6/h4H,1-3,5H2,(H,7,8). The number of hydrogen-bond acceptors (Lipinski definition) is 1. The molecule has 1 atom stereocenters. The number of hydrogen-bond donors (Lipinski definition) is 1. The van der Waals surface area contributed by atoms with Crippen LogP contribution < -0.4 is 0 Å². The van der Waals surface area contributed by atoms with Gasteiger partial charge in [0, 0.05) is 4.91 Å². The van der Waals surface area contributed by atoms with Crippen LogP contribution in [0.1, 0.15) is 25.7 Å². The fraction of sp³-hybridized carbons (Fsp3) is 0.667. The van der Waals surface area contributed by atoms with Crippen LogP contribution in [0.5, 0.6) is 0 Å². The van der Waals surface area contributed by atoms with Gasteiger partial charge in [-0.25, -0.2) is 4.21 Å². The highest BCUT2D eigenvalue weighted by Gasteiger charge is 2.06. The first-order valence-corrected chi connectivity index (χ1v) is 4.21. The Morgan fingerprint density at radius 3 is 2.67 bits per heavy atom. The molecule has 0 heterocycles. The molecule has 0 aromatic heterocycles. The molecule has 1 aliphatic carbocycles. The minimum Gasteiger partial charge on any atom is -0.302 e. The van der Waals surface area contributed by atoms with Crippen molar-refractivity contribution in [3.8, 4) is 0 Å². The second-order valence-corrected chi connectivity index (χ2v) is 3.19. The van der Waals surface area contributed by atoms with Gasteiger partial charge in [0.1, 0.15) is 0 Å². The first-order chi connectivity index (χ1) is 4.30. The molecule has 0 fully saturated rings. The number of allylic oxidation sites excluding steroid dienone is 2. The fourth-order valence-electron chi connectivity index (χ4n) is 0.967. The van der Waals surface area contributed by atoms with Crippen LogP contribution in [0.4, 0.5) is 0 Å². The van der Waals surface area contributed by atoms with Crippen LogP contribution in [0, 0.1) is 0 Å². The van der Waals surface area contributed by atoms with Gasteiger partial charge >= 0.3 is 0 Å². The van der Waals surface area contributed by atoms with Gasteiger partial charge in [-0.05, 0) is 25.7 Å². The lowest BCUT2D eigenvalue weighted by molar-refractivity contribution is 0.565. The van der Waals surface area contributed by atoms with Crippen molar-refractivity contribution in [3.63, 3.8) is 0 Å². The molecule has 2 nitrogen and oxygen atoms in total. The average molecular weight is 146 g/mol. The van der Waals surface area contributed by atoms with Gasteiger partial charge in [-0.15, -0.1) is 0 Å². The maximum absolute atomic E-state index is 10.4. The van der Waals surface area contributed by atoms with E-state index in [9.17, 15) is 4.21 Å². The van der Waals surface area contributed by atoms with Gasteiger partial charge < -0.3 is 4.55 Å². The minimum absolute atomic E-state index is 0.709. The highest BCUT2D eigenvalue weighted by molar-refractivity contribution is 7.83. The summed E-state index contributed by atoms with van der Waals surface area (Å²) in [6.45, 7) is 0. The van der Waals surface area contributed by atoms with Gasteiger partial charge in [0.25, 0.3) is 0 Å². The smallest absolute Gasteiger partial charge is 0.181 e. The zero-order valence-electron chi connectivity index (χ0n) is 5.17. The van der Waals surface area contributed by atoms with E-state index in [1.165, 1.54) is 6.42 Å². The molecule has 0 bridgehead atoms. The molecule has 1 aliphatic rings. The van der Waals surface area contributed by atoms with Crippen molar-refractivity contribution in [2.24, 2.45) is 0 Å². The molecule has 0 saturated heterocycles. The monoisotopic (exact) mass is 146 g/mol. The molecule has 0 amide bonds. The second kappa shape index (κ2) is 3.13. The van der Waals surface area contributed by atoms with Crippen molar-refractivity contribution in [1.29, 1.82) is 0 Å². The van der Waals surface area contributed by atoms with E-state index in [2.05, 4.69) is 0 Å². The predicted octanol–water partition coefficient (Wildman–Crippen LogP) is 1.67. The Labute approximate surface area is 57.2 Å². The summed E-state index contributed by atoms with van der Waals surface area (Å²) in [6, 6.07) is 0. The summed E-state index contributed by atoms with van der Waals surface area (Å²) in [4.78, 5) is 0.709. The minimum atomic E-state index is -1.69. The Morgan fingerprint density at radius 2 is 2.33 bits per heavy atom. The van der Waals surface area contributed by atoms with Gasteiger partial charge in [-0.1, -0.05) is 6.08 Å². The van der Waals surface area contributed by atoms with Crippen molar-refractivity contribution in [3.05, 3.63) is 11.0 Å². The maximum atomic E-state index is 10.4. The topological polar surface area (TPSA) is 37.3 Å². The summed E-state index contributed by atoms with van der Waals surface area (Å²) < 4.78 is 19.0. The van der Waals surface area contributed by atoms with Gasteiger partial charge in [-0.2, -0.15) is 0 Å². The third-order valence-corrected chi connectivity index (χ3v) is 2.29. The Bertz CT molecular complexity index is 151. The van der Waals surface area contributed by atoms with E-state index < -0.39 is 11.1 Å². The quantitative estimate of drug-likeness (QED) is 0.571. The lowest BCUT2D eigenvalue weighted by atomic mass is 10.1. The lowest BCUT2D eigenvalue weighted by Crippen LogP contribution is -1.97. The van der Waals surface area contributed by atoms with E-state index in [1.807, 2.05) is 6.08 Å². The summed E-state index contributed by atoms with van der Waals surface area (Å²) >= 11 is -1.69. The summed E-state index contributed by atoms with van der Waals surface area (Å²) in [5.41, 5.74) is 0. The molecule has 0 spiro atoms. The van der Waals surface area contributed by atoms with E-state index >= 15 is 0 Å². The third-order valence-electron chi connectivity index (χ3n) is 1.47. The van der Waals surface area contributed by atoms with Gasteiger partial charge in [-0.3, -0.25) is 0 Å². The molecular weight excluding hydrogens is 136 g/mol. The Balaban J connectivity index is 2.57. The van der Waals surface area contributed by atoms with Crippen LogP contribution in [0.3, 0.4) is 0 Å². The molecule has 3 heteroatoms. The SMILES string of the molecule is O=S(O)C1=CCCCC1. The molecule has 52 valence electrons. The van der Waals surface area contributed by atoms with Crippen LogP contribution in [0.15, 0.2) is 11.0 Å². The van der Waals surface area contributed by atoms with Gasteiger partial charge in [0.05, 0.1) is 0 Å². The molecule has 1 N–H and O–H groups in total. The molecule has 1 unspecified atom stereocenters. The first kappa shape index (κ1) is 6.96. The van der Waals surface area contributed by atoms with Crippen LogP contribution in [0.25, 0.3) is 0 Å². The van der Waals surface area contributed by atoms with Crippen LogP contribution in [-0.4, -0.2) is 8.76 Å². The highest BCUT2D eigenvalue weighted by Crippen LogP contribution is 2.18. The van der Waals surface area contributed by atoms with Crippen molar-refractivity contribution in [2.75, 3.05) is 0 Å². The second-order valence-electron chi connectivity index (χ2n) is 2.17. The largest absolute Gasteiger partial charge is 0.302 e. The summed E-state index contributed by atoms with van der Waals surface area (Å²) in [5.74, 6) is 0. The van der Waals surface area contributed by atoms with Crippen molar-refractivity contribution < 1.29 is 8.76 Å². The molecule has 9 heavy (non-hydrogen) atoms. The van der Waals surface area contributed by atoms with Crippen LogP contribution in [-0.2, 0) is 11.1 Å². The van der Waals surface area contributed by atoms with Crippen LogP contribution >= 0.6 is 0 Å². The Morgan fingerprint density at radius 1 is 1.56 bits per heavy atom. The summed E-state index contributed by atoms with van der Waals surface area (Å²) in [6.07, 6.45) is 5.89. The molecule has 1 rings (SSSR count). The van der Waals surface area contributed by atoms with Crippen molar-refractivity contribution in [1.82, 2.24) is 0 Å². The Kier molecular flexibility index (Phi) is 2.42. The maximum Gasteiger partial charge on any atom is 0.181 e. The lowest BCUT2D eigenvalue weighted by Gasteiger charge is -2.07. The van der Waals surface area contributed by atoms with E-state index in [4.69, 9.17) is 4.55 Å². The normalized spacial score (nSPS) is 23.0. The van der Waals surface area contributed by atoms with Crippen molar-refractivity contribution >= 4 is 11.1 Å². The van der Waals surface area contributed by atoms with E-state index in [0.29, 0.717) is 4.91 Å². The van der Waals surface area contributed by atoms with Gasteiger partial charge in [0.15, 0.2) is 11.1 Å². The molecule has 0 radical (unpaired) electrons. The summed E-state index contributed by atoms with van der Waals surface area (Å²) in [7, 11) is 0. The van der Waals surface area contributed by atoms with Crippen molar-refractivity contribution in [2.45, 2.75) is 25.7 Å². The van der Waals surface area contributed by atoms with E-state index in [1.54, 1.807) is 0 Å². The third kappa shape index (κ3) is 1.91. The number of rotatable bonds is 1. The average Bonchev–Trinajstić information content (AvgIpc) is 1.90. The molecule has 0 aromatic rings. The molecule has 0 aromatic carbocycles. The molecular formula is C6H10O2S. The molecule has 0 saturated carbocycles. The zero-order valence-corrected chi connectivity index (χ0v) is 5.99. The molecule has 0 aliphatic heterocycles. The Hall–Kier alpha value is -0.150. The fourth-order valence-corrected chi connectivity index (χ4v) is 1.55. The highest BCUT2D eigenvalue weighted by atomic mass is 32.2. The predicted molar refractivity (Wildman–Crippen MR) is 37.3 cm³/mol. The first-order valence-electron chi connectivity index (χ1n) is 3.10. The van der Waals surface area contributed by atoms with E-state index in [-0.39, 0.29) is 0 Å².